The molecule has 4 rings (SSSR count). The molecule has 2 aliphatic rings. The number of hydrogen-bond donors (Lipinski definition) is 1. The van der Waals surface area contributed by atoms with Gasteiger partial charge in [0.05, 0.1) is 4.91 Å². The number of carbonyl (C=O) groups is 2. The van der Waals surface area contributed by atoms with Crippen molar-refractivity contribution in [2.75, 3.05) is 19.6 Å². The van der Waals surface area contributed by atoms with Crippen LogP contribution in [0.15, 0.2) is 59.4 Å². The Morgan fingerprint density at radius 3 is 2.57 bits per heavy atom. The number of urea groups is 1. The molecule has 2 aromatic rings. The van der Waals surface area contributed by atoms with Gasteiger partial charge < -0.3 is 20.3 Å². The molecule has 1 aromatic heterocycles. The second-order valence-electron chi connectivity index (χ2n) is 8.12. The van der Waals surface area contributed by atoms with Gasteiger partial charge in [0.25, 0.3) is 5.91 Å². The number of rotatable bonds is 8. The van der Waals surface area contributed by atoms with Gasteiger partial charge in [0.2, 0.25) is 0 Å². The lowest BCUT2D eigenvalue weighted by molar-refractivity contribution is -0.274. The third kappa shape index (κ3) is 5.81. The molecule has 1 atom stereocenters. The predicted molar refractivity (Wildman–Crippen MR) is 124 cm³/mol. The molecular weight excluding hydrogens is 483 g/mol. The van der Waals surface area contributed by atoms with E-state index in [1.54, 1.807) is 22.2 Å². The van der Waals surface area contributed by atoms with Crippen LogP contribution < -0.4 is 10.5 Å². The molecule has 1 fully saturated rings. The van der Waals surface area contributed by atoms with Crippen LogP contribution in [0.4, 0.5) is 18.0 Å². The number of ether oxygens (including phenoxy) is 1. The molecule has 3 amide bonds. The fourth-order valence-electron chi connectivity index (χ4n) is 4.06. The zero-order valence-corrected chi connectivity index (χ0v) is 19.7. The van der Waals surface area contributed by atoms with Crippen molar-refractivity contribution in [3.8, 4) is 5.75 Å². The van der Waals surface area contributed by atoms with E-state index in [2.05, 4.69) is 9.72 Å². The van der Waals surface area contributed by atoms with E-state index in [-0.39, 0.29) is 18.3 Å². The number of carbonyl (C=O) groups excluding carboxylic acids is 2. The van der Waals surface area contributed by atoms with Crippen molar-refractivity contribution in [2.45, 2.75) is 31.7 Å². The zero-order chi connectivity index (χ0) is 25.2. The zero-order valence-electron chi connectivity index (χ0n) is 18.9. The van der Waals surface area contributed by atoms with E-state index < -0.39 is 17.8 Å². The summed E-state index contributed by atoms with van der Waals surface area (Å²) in [5.74, 6) is -0.853. The average Bonchev–Trinajstić information content (AvgIpc) is 3.32. The van der Waals surface area contributed by atoms with E-state index in [9.17, 15) is 22.8 Å². The van der Waals surface area contributed by atoms with Gasteiger partial charge in [-0.15, -0.1) is 13.2 Å². The summed E-state index contributed by atoms with van der Waals surface area (Å²) >= 11 is 1.26. The minimum Gasteiger partial charge on any atom is -0.406 e. The highest BCUT2D eigenvalue weighted by molar-refractivity contribution is 8.04. The Labute approximate surface area is 204 Å². The molecule has 8 nitrogen and oxygen atoms in total. The van der Waals surface area contributed by atoms with Crippen molar-refractivity contribution in [3.05, 3.63) is 70.5 Å². The average molecular weight is 508 g/mol. The van der Waals surface area contributed by atoms with E-state index in [1.807, 2.05) is 24.0 Å². The first kappa shape index (κ1) is 24.7. The largest absolute Gasteiger partial charge is 0.573 e. The molecule has 1 aromatic carbocycles. The van der Waals surface area contributed by atoms with Gasteiger partial charge in [0.15, 0.2) is 5.50 Å². The number of pyridine rings is 1. The summed E-state index contributed by atoms with van der Waals surface area (Å²) in [7, 11) is 0. The Morgan fingerprint density at radius 2 is 1.94 bits per heavy atom. The summed E-state index contributed by atoms with van der Waals surface area (Å²) in [5.41, 5.74) is 7.59. The van der Waals surface area contributed by atoms with Gasteiger partial charge >= 0.3 is 12.4 Å². The fourth-order valence-corrected chi connectivity index (χ4v) is 5.39. The monoisotopic (exact) mass is 507 g/mol. The lowest BCUT2D eigenvalue weighted by Crippen LogP contribution is -2.46. The Morgan fingerprint density at radius 1 is 1.20 bits per heavy atom. The van der Waals surface area contributed by atoms with Crippen molar-refractivity contribution < 1.29 is 27.5 Å². The van der Waals surface area contributed by atoms with Crippen molar-refractivity contribution in [2.24, 2.45) is 5.73 Å². The van der Waals surface area contributed by atoms with Crippen LogP contribution in [0.5, 0.6) is 5.75 Å². The summed E-state index contributed by atoms with van der Waals surface area (Å²) in [6.45, 7) is 3.51. The quantitative estimate of drug-likeness (QED) is 0.588. The van der Waals surface area contributed by atoms with Crippen molar-refractivity contribution >= 4 is 23.7 Å². The molecule has 35 heavy (non-hydrogen) atoms. The maximum Gasteiger partial charge on any atom is 0.573 e. The third-order valence-electron chi connectivity index (χ3n) is 5.76. The number of thioether (sulfide) groups is 1. The van der Waals surface area contributed by atoms with E-state index in [0.29, 0.717) is 36.5 Å². The van der Waals surface area contributed by atoms with Crippen LogP contribution in [0.3, 0.4) is 0 Å². The predicted octanol–water partition coefficient (Wildman–Crippen LogP) is 3.51. The molecule has 0 spiro atoms. The Kier molecular flexibility index (Phi) is 7.10. The number of benzene rings is 1. The maximum absolute atomic E-state index is 13.2. The number of aromatic nitrogens is 1. The summed E-state index contributed by atoms with van der Waals surface area (Å²) in [6.07, 6.45) is -0.611. The number of halogens is 3. The van der Waals surface area contributed by atoms with E-state index in [4.69, 9.17) is 5.73 Å². The standard InChI is InChI=1S/C23H24F3N5O3S/c1-15-19(20(27)32)35-22(30(15)10-8-16-3-2-9-28-13-16)31-12-11-29(21(31)33)14-17-4-6-18(7-5-17)34-23(24,25)26/h2-7,9,13,22H,8,10-12,14H2,1H3,(H2,27,32). The molecule has 0 radical (unpaired) electrons. The lowest BCUT2D eigenvalue weighted by Gasteiger charge is -2.34. The maximum atomic E-state index is 13.2. The Bertz CT molecular complexity index is 1110. The van der Waals surface area contributed by atoms with Crippen LogP contribution in [-0.4, -0.2) is 63.1 Å². The molecule has 0 aliphatic carbocycles. The number of amides is 3. The molecule has 1 unspecified atom stereocenters. The minimum atomic E-state index is -4.76. The lowest BCUT2D eigenvalue weighted by atomic mass is 10.2. The molecule has 3 heterocycles. The van der Waals surface area contributed by atoms with Gasteiger partial charge in [0, 0.05) is 44.3 Å². The Balaban J connectivity index is 1.44. The third-order valence-corrected chi connectivity index (χ3v) is 7.21. The number of nitrogens with two attached hydrogens (primary N) is 1. The summed E-state index contributed by atoms with van der Waals surface area (Å²) in [5, 5.41) is 0. The molecule has 186 valence electrons. The van der Waals surface area contributed by atoms with Gasteiger partial charge in [-0.3, -0.25) is 14.7 Å². The van der Waals surface area contributed by atoms with Crippen molar-refractivity contribution in [1.82, 2.24) is 19.7 Å². The number of primary amides is 1. The van der Waals surface area contributed by atoms with Crippen molar-refractivity contribution in [1.29, 1.82) is 0 Å². The normalized spacial score (nSPS) is 18.6. The number of nitrogens with zero attached hydrogens (tertiary/aromatic N) is 4. The molecule has 0 saturated carbocycles. The van der Waals surface area contributed by atoms with E-state index in [0.717, 1.165) is 11.3 Å². The summed E-state index contributed by atoms with van der Waals surface area (Å²) in [6, 6.07) is 9.04. The van der Waals surface area contributed by atoms with Crippen molar-refractivity contribution in [3.63, 3.8) is 0 Å². The first-order valence-electron chi connectivity index (χ1n) is 10.9. The van der Waals surface area contributed by atoms with Gasteiger partial charge in [-0.2, -0.15) is 0 Å². The summed E-state index contributed by atoms with van der Waals surface area (Å²) in [4.78, 5) is 35.1. The summed E-state index contributed by atoms with van der Waals surface area (Å²) < 4.78 is 41.0. The first-order chi connectivity index (χ1) is 16.6. The molecule has 2 aliphatic heterocycles. The molecule has 2 N–H and O–H groups in total. The van der Waals surface area contributed by atoms with E-state index in [1.165, 1.54) is 36.0 Å². The second-order valence-corrected chi connectivity index (χ2v) is 9.18. The van der Waals surface area contributed by atoms with Gasteiger partial charge in [0.1, 0.15) is 5.75 Å². The minimum absolute atomic E-state index is 0.219. The van der Waals surface area contributed by atoms with Crippen LogP contribution in [0, 0.1) is 0 Å². The van der Waals surface area contributed by atoms with Crippen LogP contribution in [0.2, 0.25) is 0 Å². The highest BCUT2D eigenvalue weighted by atomic mass is 32.2. The van der Waals surface area contributed by atoms with Crippen LogP contribution in [-0.2, 0) is 17.8 Å². The molecule has 0 bridgehead atoms. The smallest absolute Gasteiger partial charge is 0.406 e. The molecule has 1 saturated heterocycles. The van der Waals surface area contributed by atoms with Gasteiger partial charge in [-0.05, 0) is 42.7 Å². The van der Waals surface area contributed by atoms with Crippen LogP contribution >= 0.6 is 11.8 Å². The van der Waals surface area contributed by atoms with E-state index >= 15 is 0 Å². The van der Waals surface area contributed by atoms with Crippen LogP contribution in [0.1, 0.15) is 18.1 Å². The fraction of sp³-hybridized carbons (Fsp3) is 0.348. The number of alkyl halides is 3. The Hall–Kier alpha value is -3.41. The van der Waals surface area contributed by atoms with Gasteiger partial charge in [-0.25, -0.2) is 4.79 Å². The molecule has 12 heteroatoms. The number of hydrogen-bond acceptors (Lipinski definition) is 6. The highest BCUT2D eigenvalue weighted by Gasteiger charge is 2.42. The SMILES string of the molecule is CC1=C(C(N)=O)SC(N2CCN(Cc3ccc(OC(F)(F)F)cc3)C2=O)N1CCc1cccnc1. The topological polar surface area (TPSA) is 92.0 Å². The number of allylic oxidation sites excluding steroid dienone is 1. The first-order valence-corrected chi connectivity index (χ1v) is 11.7. The highest BCUT2D eigenvalue weighted by Crippen LogP contribution is 2.41. The van der Waals surface area contributed by atoms with Crippen LogP contribution in [0.25, 0.3) is 0 Å². The molecular formula is C23H24F3N5O3S. The second kappa shape index (κ2) is 10.1. The van der Waals surface area contributed by atoms with Gasteiger partial charge in [-0.1, -0.05) is 30.0 Å².